The predicted molar refractivity (Wildman–Crippen MR) is 233 cm³/mol. The Labute approximate surface area is 358 Å². The first-order valence-electron chi connectivity index (χ1n) is 20.1. The number of benzene rings is 4. The average molecular weight is 851 g/mol. The summed E-state index contributed by atoms with van der Waals surface area (Å²) in [5.41, 5.74) is 3.90. The molecule has 1 saturated heterocycles. The summed E-state index contributed by atoms with van der Waals surface area (Å²) in [7, 11) is 2.13. The Morgan fingerprint density at radius 2 is 1.73 bits per heavy atom. The van der Waals surface area contributed by atoms with Gasteiger partial charge >= 0.3 is 5.97 Å². The number of esters is 1. The van der Waals surface area contributed by atoms with Crippen LogP contribution in [0.15, 0.2) is 91.3 Å². The number of hydrogen-bond donors (Lipinski definition) is 0. The van der Waals surface area contributed by atoms with Gasteiger partial charge in [-0.1, -0.05) is 60.1 Å². The molecule has 0 amide bonds. The standard InChI is InChI=1S/C47H48ClFN4O6S/c1-29-36-16-18-38(42(29)48)57-35(25-53-21-19-52(5)20-22-53)27-55-34-15-17-37(56-26-30-9-7-6-8-10-30)32(23-34)24-39(46(54)59-47(2,3)4)58-44-41-40(36)43(60-45(41)51-28-50-44)31-11-13-33(49)14-12-31/h6-18,23,28,35,39H,19-22,24-27H2,1-5H3/t35-,39-/m1/s1. The van der Waals surface area contributed by atoms with E-state index in [4.69, 9.17) is 35.3 Å². The average Bonchev–Trinajstić information content (AvgIpc) is 3.62. The molecular weight excluding hydrogens is 803 g/mol. The van der Waals surface area contributed by atoms with Crippen molar-refractivity contribution in [3.8, 4) is 44.7 Å². The van der Waals surface area contributed by atoms with Crippen LogP contribution in [-0.4, -0.2) is 89.9 Å². The lowest BCUT2D eigenvalue weighted by Gasteiger charge is -2.34. The summed E-state index contributed by atoms with van der Waals surface area (Å²) >= 11 is 8.68. The SMILES string of the molecule is Cc1c2ccc(c1Cl)O[C@H](CN1CCN(C)CC1)COc1ccc(OCc3ccccc3)c(c1)C[C@H](C(=O)OC(C)(C)C)Oc1ncnc3sc(-c4ccc(F)cc4)c-2c13. The Kier molecular flexibility index (Phi) is 12.3. The Morgan fingerprint density at radius 3 is 2.48 bits per heavy atom. The summed E-state index contributed by atoms with van der Waals surface area (Å²) in [6, 6.07) is 25.7. The predicted octanol–water partition coefficient (Wildman–Crippen LogP) is 9.42. The molecule has 60 heavy (non-hydrogen) atoms. The molecular formula is C47H48ClFN4O6S. The lowest BCUT2D eigenvalue weighted by atomic mass is 9.96. The molecule has 2 atom stereocenters. The monoisotopic (exact) mass is 850 g/mol. The second kappa shape index (κ2) is 17.8. The molecule has 0 aliphatic carbocycles. The fourth-order valence-electron chi connectivity index (χ4n) is 7.45. The molecule has 3 aliphatic heterocycles. The number of nitrogens with zero attached hydrogens (tertiary/aromatic N) is 4. The number of thiophene rings is 1. The number of ether oxygens (including phenoxy) is 5. The molecule has 0 N–H and O–H groups in total. The van der Waals surface area contributed by atoms with Gasteiger partial charge in [0.25, 0.3) is 0 Å². The van der Waals surface area contributed by atoms with Crippen LogP contribution in [-0.2, 0) is 22.6 Å². The van der Waals surface area contributed by atoms with Crippen LogP contribution < -0.4 is 18.9 Å². The van der Waals surface area contributed by atoms with Crippen LogP contribution in [0, 0.1) is 12.7 Å². The molecule has 312 valence electrons. The molecule has 3 aliphatic rings. The minimum absolute atomic E-state index is 0.0619. The summed E-state index contributed by atoms with van der Waals surface area (Å²) in [4.78, 5) is 29.7. The van der Waals surface area contributed by atoms with E-state index in [2.05, 4.69) is 26.8 Å². The molecule has 4 bridgehead atoms. The van der Waals surface area contributed by atoms with E-state index in [1.165, 1.54) is 29.8 Å². The van der Waals surface area contributed by atoms with E-state index in [0.29, 0.717) is 51.2 Å². The molecule has 1 fully saturated rings. The molecule has 10 nitrogen and oxygen atoms in total. The normalized spacial score (nSPS) is 17.6. The molecule has 0 spiro atoms. The number of halogens is 2. The Bertz CT molecular complexity index is 2470. The van der Waals surface area contributed by atoms with Gasteiger partial charge in [-0.2, -0.15) is 0 Å². The lowest BCUT2D eigenvalue weighted by molar-refractivity contribution is -0.163. The van der Waals surface area contributed by atoms with E-state index >= 15 is 0 Å². The Hall–Kier alpha value is -5.27. The van der Waals surface area contributed by atoms with Crippen molar-refractivity contribution in [3.63, 3.8) is 0 Å². The highest BCUT2D eigenvalue weighted by Gasteiger charge is 2.32. The van der Waals surface area contributed by atoms with Crippen LogP contribution in [0.1, 0.15) is 37.5 Å². The number of carbonyl (C=O) groups excluding carboxylic acids is 1. The molecule has 6 aromatic rings. The first-order chi connectivity index (χ1) is 28.9. The van der Waals surface area contributed by atoms with E-state index < -0.39 is 17.7 Å². The molecule has 5 heterocycles. The van der Waals surface area contributed by atoms with Crippen LogP contribution in [0.2, 0.25) is 5.02 Å². The fourth-order valence-corrected chi connectivity index (χ4v) is 8.81. The van der Waals surface area contributed by atoms with E-state index in [-0.39, 0.29) is 30.8 Å². The molecule has 4 aromatic carbocycles. The Morgan fingerprint density at radius 1 is 0.967 bits per heavy atom. The fraction of sp³-hybridized carbons (Fsp3) is 0.340. The zero-order chi connectivity index (χ0) is 42.0. The number of carbonyl (C=O) groups is 1. The van der Waals surface area contributed by atoms with Crippen LogP contribution in [0.3, 0.4) is 0 Å². The lowest BCUT2D eigenvalue weighted by Crippen LogP contribution is -2.49. The van der Waals surface area contributed by atoms with E-state index in [9.17, 15) is 9.18 Å². The summed E-state index contributed by atoms with van der Waals surface area (Å²) < 4.78 is 46.8. The first kappa shape index (κ1) is 41.5. The summed E-state index contributed by atoms with van der Waals surface area (Å²) in [5, 5.41) is 1.02. The second-order valence-electron chi connectivity index (χ2n) is 16.3. The second-order valence-corrected chi connectivity index (χ2v) is 17.6. The molecule has 0 unspecified atom stereocenters. The number of hydrogen-bond acceptors (Lipinski definition) is 11. The van der Waals surface area contributed by atoms with Gasteiger partial charge in [-0.25, -0.2) is 19.2 Å². The van der Waals surface area contributed by atoms with Crippen molar-refractivity contribution in [1.29, 1.82) is 0 Å². The third-order valence-electron chi connectivity index (χ3n) is 10.6. The van der Waals surface area contributed by atoms with E-state index in [1.54, 1.807) is 12.1 Å². The highest BCUT2D eigenvalue weighted by Crippen LogP contribution is 2.49. The molecule has 13 heteroatoms. The molecule has 0 saturated carbocycles. The van der Waals surface area contributed by atoms with Gasteiger partial charge in [-0.05, 0) is 93.4 Å². The highest BCUT2D eigenvalue weighted by molar-refractivity contribution is 7.22. The van der Waals surface area contributed by atoms with Gasteiger partial charge in [0.15, 0.2) is 0 Å². The van der Waals surface area contributed by atoms with Crippen molar-refractivity contribution in [3.05, 3.63) is 119 Å². The van der Waals surface area contributed by atoms with E-state index in [0.717, 1.165) is 58.9 Å². The maximum atomic E-state index is 14.3. The van der Waals surface area contributed by atoms with Crippen molar-refractivity contribution in [1.82, 2.24) is 19.8 Å². The molecule has 0 radical (unpaired) electrons. The van der Waals surface area contributed by atoms with Gasteiger partial charge < -0.3 is 28.6 Å². The minimum Gasteiger partial charge on any atom is -0.490 e. The number of fused-ring (bicyclic) bond motifs is 7. The largest absolute Gasteiger partial charge is 0.490 e. The maximum absolute atomic E-state index is 14.3. The van der Waals surface area contributed by atoms with Gasteiger partial charge in [0.2, 0.25) is 12.0 Å². The van der Waals surface area contributed by atoms with Crippen LogP contribution in [0.25, 0.3) is 31.8 Å². The van der Waals surface area contributed by atoms with Gasteiger partial charge in [0, 0.05) is 55.1 Å². The van der Waals surface area contributed by atoms with Gasteiger partial charge in [-0.15, -0.1) is 11.3 Å². The number of rotatable bonds is 7. The third-order valence-corrected chi connectivity index (χ3v) is 12.2. The zero-order valence-corrected chi connectivity index (χ0v) is 35.9. The maximum Gasteiger partial charge on any atom is 0.348 e. The molecule has 9 rings (SSSR count). The highest BCUT2D eigenvalue weighted by atomic mass is 35.5. The van der Waals surface area contributed by atoms with Crippen LogP contribution in [0.4, 0.5) is 4.39 Å². The van der Waals surface area contributed by atoms with Gasteiger partial charge in [0.05, 0.1) is 10.4 Å². The van der Waals surface area contributed by atoms with Crippen molar-refractivity contribution in [2.45, 2.75) is 58.5 Å². The first-order valence-corrected chi connectivity index (χ1v) is 21.3. The molecule has 2 aromatic heterocycles. The van der Waals surface area contributed by atoms with E-state index in [1.807, 2.05) is 88.4 Å². The van der Waals surface area contributed by atoms with Crippen molar-refractivity contribution in [2.75, 3.05) is 46.4 Å². The number of piperazine rings is 1. The van der Waals surface area contributed by atoms with Crippen molar-refractivity contribution < 1.29 is 32.9 Å². The minimum atomic E-state index is -1.17. The summed E-state index contributed by atoms with van der Waals surface area (Å²) in [6.45, 7) is 12.2. The van der Waals surface area contributed by atoms with Gasteiger partial charge in [-0.3, -0.25) is 4.90 Å². The number of likely N-dealkylation sites (N-methyl/N-ethyl adjacent to an activating group) is 1. The summed E-state index contributed by atoms with van der Waals surface area (Å²) in [5.74, 6) is 0.913. The third kappa shape index (κ3) is 9.52. The van der Waals surface area contributed by atoms with Crippen LogP contribution in [0.5, 0.6) is 23.1 Å². The van der Waals surface area contributed by atoms with Crippen molar-refractivity contribution >= 4 is 39.1 Å². The number of aromatic nitrogens is 2. The zero-order valence-electron chi connectivity index (χ0n) is 34.4. The smallest absolute Gasteiger partial charge is 0.348 e. The quantitative estimate of drug-likeness (QED) is 0.145. The topological polar surface area (TPSA) is 95.5 Å². The Balaban J connectivity index is 1.29. The van der Waals surface area contributed by atoms with Crippen LogP contribution >= 0.6 is 22.9 Å². The summed E-state index contributed by atoms with van der Waals surface area (Å²) in [6.07, 6.45) is -0.0817. The van der Waals surface area contributed by atoms with Gasteiger partial charge in [0.1, 0.15) is 59.1 Å². The van der Waals surface area contributed by atoms with Crippen molar-refractivity contribution in [2.24, 2.45) is 0 Å².